The largest absolute Gasteiger partial charge is 0.309 e. The molecule has 0 unspecified atom stereocenters. The van der Waals surface area contributed by atoms with Crippen LogP contribution in [0.25, 0.3) is 76.8 Å². The molecule has 68 heavy (non-hydrogen) atoms. The number of nitrogens with zero attached hydrogens (tertiary/aromatic N) is 2. The van der Waals surface area contributed by atoms with Crippen molar-refractivity contribution in [2.75, 3.05) is 9.80 Å². The minimum Gasteiger partial charge on any atom is -0.309 e. The van der Waals surface area contributed by atoms with E-state index in [1.165, 1.54) is 21.5 Å². The Balaban J connectivity index is 1.21. The van der Waals surface area contributed by atoms with Gasteiger partial charge in [0.05, 0.1) is 34.1 Å². The molecule has 0 spiro atoms. The maximum atomic E-state index is 2.50. The molecule has 0 aliphatic heterocycles. The number of anilines is 6. The quantitative estimate of drug-likeness (QED) is 0.135. The highest BCUT2D eigenvalue weighted by Gasteiger charge is 2.26. The van der Waals surface area contributed by atoms with E-state index < -0.39 is 0 Å². The maximum Gasteiger partial charge on any atom is 0.0546 e. The van der Waals surface area contributed by atoms with Crippen LogP contribution >= 0.6 is 0 Å². The predicted molar refractivity (Wildman–Crippen MR) is 290 cm³/mol. The lowest BCUT2D eigenvalue weighted by Crippen LogP contribution is -2.14. The zero-order chi connectivity index (χ0) is 45.2. The lowest BCUT2D eigenvalue weighted by molar-refractivity contribution is 1.29. The highest BCUT2D eigenvalue weighted by molar-refractivity contribution is 6.10. The van der Waals surface area contributed by atoms with E-state index in [1.807, 2.05) is 0 Å². The third-order valence-electron chi connectivity index (χ3n) is 13.2. The normalized spacial score (nSPS) is 11.2. The van der Waals surface area contributed by atoms with Crippen molar-refractivity contribution in [3.63, 3.8) is 0 Å². The lowest BCUT2D eigenvalue weighted by Gasteiger charge is -2.33. The van der Waals surface area contributed by atoms with Gasteiger partial charge in [0.2, 0.25) is 0 Å². The summed E-state index contributed by atoms with van der Waals surface area (Å²) in [5.41, 5.74) is 15.8. The van der Waals surface area contributed by atoms with Crippen molar-refractivity contribution in [3.05, 3.63) is 279 Å². The Kier molecular flexibility index (Phi) is 10.6. The smallest absolute Gasteiger partial charge is 0.0546 e. The van der Waals surface area contributed by atoms with Gasteiger partial charge in [-0.2, -0.15) is 0 Å². The average molecular weight is 867 g/mol. The molecule has 2 nitrogen and oxygen atoms in total. The van der Waals surface area contributed by atoms with Crippen LogP contribution in [0.5, 0.6) is 0 Å². The first-order valence-corrected chi connectivity index (χ1v) is 23.3. The fourth-order valence-corrected chi connectivity index (χ4v) is 10.0. The molecule has 0 fully saturated rings. The first-order chi connectivity index (χ1) is 33.8. The van der Waals surface area contributed by atoms with Crippen LogP contribution in [-0.2, 0) is 0 Å². The lowest BCUT2D eigenvalue weighted by atomic mass is 9.92. The molecule has 2 heteroatoms. The van der Waals surface area contributed by atoms with E-state index >= 15 is 0 Å². The van der Waals surface area contributed by atoms with Crippen LogP contribution in [0.2, 0.25) is 0 Å². The summed E-state index contributed by atoms with van der Waals surface area (Å²) in [6, 6.07) is 102. The molecule has 0 radical (unpaired) electrons. The summed E-state index contributed by atoms with van der Waals surface area (Å²) < 4.78 is 0. The summed E-state index contributed by atoms with van der Waals surface area (Å²) in [5.74, 6) is 0. The van der Waals surface area contributed by atoms with Gasteiger partial charge >= 0.3 is 0 Å². The predicted octanol–water partition coefficient (Wildman–Crippen LogP) is 18.8. The van der Waals surface area contributed by atoms with Gasteiger partial charge in [-0.05, 0) is 92.3 Å². The number of fused-ring (bicyclic) bond motifs is 3. The van der Waals surface area contributed by atoms with Crippen LogP contribution in [0.3, 0.4) is 0 Å². The van der Waals surface area contributed by atoms with Crippen molar-refractivity contribution in [2.45, 2.75) is 0 Å². The third kappa shape index (κ3) is 7.45. The fourth-order valence-electron chi connectivity index (χ4n) is 10.0. The summed E-state index contributed by atoms with van der Waals surface area (Å²) >= 11 is 0. The Morgan fingerprint density at radius 1 is 0.176 bits per heavy atom. The molecule has 12 aromatic rings. The van der Waals surface area contributed by atoms with E-state index in [0.29, 0.717) is 0 Å². The highest BCUT2D eigenvalue weighted by atomic mass is 15.2. The van der Waals surface area contributed by atoms with Crippen LogP contribution in [0.1, 0.15) is 0 Å². The van der Waals surface area contributed by atoms with Gasteiger partial charge in [0, 0.05) is 33.0 Å². The summed E-state index contributed by atoms with van der Waals surface area (Å²) in [6.07, 6.45) is 0. The molecular weight excluding hydrogens is 821 g/mol. The van der Waals surface area contributed by atoms with E-state index in [1.54, 1.807) is 0 Å². The highest BCUT2D eigenvalue weighted by Crippen LogP contribution is 2.51. The van der Waals surface area contributed by atoms with Gasteiger partial charge in [0.1, 0.15) is 0 Å². The Bertz CT molecular complexity index is 3480. The van der Waals surface area contributed by atoms with Gasteiger partial charge in [0.15, 0.2) is 0 Å². The Morgan fingerprint density at radius 2 is 0.471 bits per heavy atom. The molecule has 12 aromatic carbocycles. The summed E-state index contributed by atoms with van der Waals surface area (Å²) in [4.78, 5) is 5.01. The number of hydrogen-bond donors (Lipinski definition) is 0. The summed E-state index contributed by atoms with van der Waals surface area (Å²) in [6.45, 7) is 0. The van der Waals surface area contributed by atoms with E-state index in [4.69, 9.17) is 0 Å². The van der Waals surface area contributed by atoms with Crippen molar-refractivity contribution < 1.29 is 0 Å². The molecule has 0 aliphatic rings. The Hall–Kier alpha value is -8.98. The molecule has 0 N–H and O–H groups in total. The SMILES string of the molecule is c1ccc(-c2ccccc2N(c2cc3cc(N(c4ccccc4-c4ccccc4)c4cccc5ccccc45)c(-c4ccccc4)cc3cc2-c2ccccc2)c2cccc3ccccc23)cc1. The molecule has 0 saturated carbocycles. The number of benzene rings is 12. The van der Waals surface area contributed by atoms with Crippen molar-refractivity contribution in [3.8, 4) is 44.5 Å². The van der Waals surface area contributed by atoms with Gasteiger partial charge < -0.3 is 9.80 Å². The van der Waals surface area contributed by atoms with E-state index in [2.05, 4.69) is 289 Å². The van der Waals surface area contributed by atoms with E-state index in [0.717, 1.165) is 89.4 Å². The molecule has 0 bridgehead atoms. The minimum atomic E-state index is 1.09. The van der Waals surface area contributed by atoms with Crippen LogP contribution < -0.4 is 9.80 Å². The fraction of sp³-hybridized carbons (Fsp3) is 0. The molecule has 0 atom stereocenters. The maximum absolute atomic E-state index is 2.50. The Labute approximate surface area is 397 Å². The second kappa shape index (κ2) is 17.8. The van der Waals surface area contributed by atoms with E-state index in [-0.39, 0.29) is 0 Å². The first-order valence-electron chi connectivity index (χ1n) is 23.3. The molecule has 320 valence electrons. The van der Waals surface area contributed by atoms with Crippen molar-refractivity contribution in [2.24, 2.45) is 0 Å². The zero-order valence-corrected chi connectivity index (χ0v) is 37.5. The molecule has 0 aliphatic carbocycles. The van der Waals surface area contributed by atoms with Gasteiger partial charge in [-0.25, -0.2) is 0 Å². The molecule has 0 amide bonds. The van der Waals surface area contributed by atoms with Crippen molar-refractivity contribution in [1.82, 2.24) is 0 Å². The van der Waals surface area contributed by atoms with Gasteiger partial charge in [-0.3, -0.25) is 0 Å². The van der Waals surface area contributed by atoms with Crippen LogP contribution in [0.15, 0.2) is 279 Å². The molecule has 12 rings (SSSR count). The first kappa shape index (κ1) is 40.5. The summed E-state index contributed by atoms with van der Waals surface area (Å²) in [5, 5.41) is 7.00. The van der Waals surface area contributed by atoms with Crippen molar-refractivity contribution in [1.29, 1.82) is 0 Å². The minimum absolute atomic E-state index is 1.09. The number of para-hydroxylation sites is 2. The molecule has 0 heterocycles. The van der Waals surface area contributed by atoms with Gasteiger partial charge in [0.25, 0.3) is 0 Å². The van der Waals surface area contributed by atoms with Crippen LogP contribution in [0, 0.1) is 0 Å². The van der Waals surface area contributed by atoms with Gasteiger partial charge in [-0.15, -0.1) is 0 Å². The third-order valence-corrected chi connectivity index (χ3v) is 13.2. The van der Waals surface area contributed by atoms with Crippen LogP contribution in [0.4, 0.5) is 34.1 Å². The molecule has 0 saturated heterocycles. The van der Waals surface area contributed by atoms with Crippen LogP contribution in [-0.4, -0.2) is 0 Å². The topological polar surface area (TPSA) is 6.48 Å². The number of hydrogen-bond acceptors (Lipinski definition) is 2. The monoisotopic (exact) mass is 866 g/mol. The second-order valence-electron chi connectivity index (χ2n) is 17.3. The van der Waals surface area contributed by atoms with Crippen molar-refractivity contribution >= 4 is 66.4 Å². The second-order valence-corrected chi connectivity index (χ2v) is 17.3. The Morgan fingerprint density at radius 3 is 0.882 bits per heavy atom. The molecule has 0 aromatic heterocycles. The number of rotatable bonds is 10. The standard InChI is InChI=1S/C66H46N2/c1-5-23-47(24-6-1)55-37-17-19-39-61(55)67(63-41-21-33-49-31-13-15-35-57(49)63)65-45-54-46-66(60(52-29-11-4-12-30-52)44-53(54)43-59(65)51-27-9-3-10-28-51)68(64-42-22-34-50-32-14-16-36-58(50)64)62-40-20-18-38-56(62)48-25-7-2-8-26-48/h1-46H. The summed E-state index contributed by atoms with van der Waals surface area (Å²) in [7, 11) is 0. The zero-order valence-electron chi connectivity index (χ0n) is 37.5. The molecular formula is C66H46N2. The average Bonchev–Trinajstić information content (AvgIpc) is 3.42. The van der Waals surface area contributed by atoms with E-state index in [9.17, 15) is 0 Å². The van der Waals surface area contributed by atoms with Gasteiger partial charge in [-0.1, -0.05) is 231 Å².